The highest BCUT2D eigenvalue weighted by Gasteiger charge is 2.53. The van der Waals surface area contributed by atoms with Crippen molar-refractivity contribution in [1.29, 1.82) is 0 Å². The number of piperidine rings is 1. The average Bonchev–Trinajstić information content (AvgIpc) is 2.91. The Balaban J connectivity index is 1.64. The van der Waals surface area contributed by atoms with Gasteiger partial charge in [0, 0.05) is 31.4 Å². The van der Waals surface area contributed by atoms with Gasteiger partial charge in [0.25, 0.3) is 5.56 Å². The Morgan fingerprint density at radius 2 is 1.79 bits per heavy atom. The lowest BCUT2D eigenvalue weighted by molar-refractivity contribution is 0.00578. The molecule has 0 bridgehead atoms. The van der Waals surface area contributed by atoms with Crippen molar-refractivity contribution in [3.63, 3.8) is 0 Å². The molecule has 2 fully saturated rings. The number of amides is 1. The number of rotatable bonds is 4. The van der Waals surface area contributed by atoms with Crippen LogP contribution in [0.5, 0.6) is 0 Å². The minimum atomic E-state index is -1.14. The second kappa shape index (κ2) is 9.26. The molecule has 0 atom stereocenters. The van der Waals surface area contributed by atoms with Crippen molar-refractivity contribution in [2.45, 2.75) is 84.7 Å². The Kier molecular flexibility index (Phi) is 7.15. The Labute approximate surface area is 196 Å². The number of ether oxygens (including phenoxy) is 1. The smallest absolute Gasteiger partial charge is 0.444 e. The van der Waals surface area contributed by atoms with Crippen molar-refractivity contribution >= 4 is 19.3 Å². The number of carbonyl (C=O) groups is 1. The molecule has 3 rings (SSSR count). The van der Waals surface area contributed by atoms with Crippen LogP contribution in [-0.4, -0.2) is 52.6 Å². The van der Waals surface area contributed by atoms with Crippen LogP contribution in [0.4, 0.5) is 9.18 Å². The van der Waals surface area contributed by atoms with E-state index in [0.29, 0.717) is 19.6 Å². The molecule has 9 heteroatoms. The van der Waals surface area contributed by atoms with E-state index in [9.17, 15) is 14.0 Å². The summed E-state index contributed by atoms with van der Waals surface area (Å²) in [4.78, 5) is 26.9. The second-order valence-electron chi connectivity index (χ2n) is 10.9. The standard InChI is InChI=1S/C24H36BFN2O5/c1-22(2,3)31-21(30)27-13-10-17(11-14-27)16-28-12-8-9-18(20(28)29)15-19(26)25-32-23(4,5)24(6,7)33-25/h8-9,12,15,17H,10-11,13-14,16H2,1-7H3. The van der Waals surface area contributed by atoms with Gasteiger partial charge in [-0.15, -0.1) is 0 Å². The SMILES string of the molecule is CC(C)(C)OC(=O)N1CCC(Cn2cccc(C=C(F)B3OC(C)(C)C(C)(C)O3)c2=O)CC1. The van der Waals surface area contributed by atoms with Crippen molar-refractivity contribution < 1.29 is 23.2 Å². The van der Waals surface area contributed by atoms with E-state index in [2.05, 4.69) is 0 Å². The molecule has 1 amide bonds. The number of carbonyl (C=O) groups excluding carboxylic acids is 1. The van der Waals surface area contributed by atoms with Gasteiger partial charge in [0.2, 0.25) is 0 Å². The largest absolute Gasteiger partial charge is 0.525 e. The zero-order valence-electron chi connectivity index (χ0n) is 20.8. The third-order valence-corrected chi connectivity index (χ3v) is 6.54. The van der Waals surface area contributed by atoms with Crippen molar-refractivity contribution in [2.24, 2.45) is 5.92 Å². The molecule has 2 aliphatic rings. The van der Waals surface area contributed by atoms with E-state index in [0.717, 1.165) is 12.8 Å². The number of nitrogens with zero attached hydrogens (tertiary/aromatic N) is 2. The highest BCUT2D eigenvalue weighted by Crippen LogP contribution is 2.39. The van der Waals surface area contributed by atoms with Gasteiger partial charge >= 0.3 is 13.2 Å². The van der Waals surface area contributed by atoms with Crippen molar-refractivity contribution in [2.75, 3.05) is 13.1 Å². The van der Waals surface area contributed by atoms with Crippen molar-refractivity contribution in [3.8, 4) is 0 Å². The average molecular weight is 462 g/mol. The number of aromatic nitrogens is 1. The summed E-state index contributed by atoms with van der Waals surface area (Å²) in [6, 6.07) is 3.33. The highest BCUT2D eigenvalue weighted by atomic mass is 19.1. The molecular weight excluding hydrogens is 426 g/mol. The van der Waals surface area contributed by atoms with Crippen LogP contribution < -0.4 is 5.56 Å². The fourth-order valence-electron chi connectivity index (χ4n) is 3.88. The zero-order chi connectivity index (χ0) is 24.6. The van der Waals surface area contributed by atoms with Crippen LogP contribution >= 0.6 is 0 Å². The van der Waals surface area contributed by atoms with E-state index in [4.69, 9.17) is 14.0 Å². The molecule has 2 aliphatic heterocycles. The monoisotopic (exact) mass is 462 g/mol. The topological polar surface area (TPSA) is 70.0 Å². The summed E-state index contributed by atoms with van der Waals surface area (Å²) in [7, 11) is -1.14. The Morgan fingerprint density at radius 1 is 1.21 bits per heavy atom. The molecule has 0 radical (unpaired) electrons. The van der Waals surface area contributed by atoms with Gasteiger partial charge in [0.15, 0.2) is 0 Å². The molecule has 0 aliphatic carbocycles. The van der Waals surface area contributed by atoms with Crippen LogP contribution in [0.3, 0.4) is 0 Å². The van der Waals surface area contributed by atoms with Gasteiger partial charge in [-0.05, 0) is 85.4 Å². The van der Waals surface area contributed by atoms with Crippen LogP contribution in [0.2, 0.25) is 0 Å². The number of pyridine rings is 1. The molecule has 3 heterocycles. The van der Waals surface area contributed by atoms with Gasteiger partial charge in [-0.25, -0.2) is 9.18 Å². The molecule has 0 unspecified atom stereocenters. The van der Waals surface area contributed by atoms with Gasteiger partial charge in [0.1, 0.15) is 11.3 Å². The molecule has 2 saturated heterocycles. The maximum absolute atomic E-state index is 14.9. The Bertz CT molecular complexity index is 942. The fraction of sp³-hybridized carbons (Fsp3) is 0.667. The number of halogens is 1. The van der Waals surface area contributed by atoms with E-state index in [1.54, 1.807) is 27.8 Å². The summed E-state index contributed by atoms with van der Waals surface area (Å²) >= 11 is 0. The molecule has 182 valence electrons. The number of hydrogen-bond acceptors (Lipinski definition) is 5. The quantitative estimate of drug-likeness (QED) is 0.619. The molecular formula is C24H36BFN2O5. The third-order valence-electron chi connectivity index (χ3n) is 6.54. The van der Waals surface area contributed by atoms with Crippen LogP contribution in [0.15, 0.2) is 28.9 Å². The molecule has 0 aromatic carbocycles. The minimum absolute atomic E-state index is 0.244. The summed E-state index contributed by atoms with van der Waals surface area (Å²) in [5, 5.41) is 0. The Hall–Kier alpha value is -2.13. The first kappa shape index (κ1) is 25.5. The Morgan fingerprint density at radius 3 is 2.33 bits per heavy atom. The van der Waals surface area contributed by atoms with Gasteiger partial charge in [-0.3, -0.25) is 4.79 Å². The second-order valence-corrected chi connectivity index (χ2v) is 10.9. The minimum Gasteiger partial charge on any atom is -0.444 e. The normalized spacial score (nSPS) is 21.4. The van der Waals surface area contributed by atoms with Crippen LogP contribution in [0.25, 0.3) is 6.08 Å². The van der Waals surface area contributed by atoms with Crippen LogP contribution in [0, 0.1) is 5.92 Å². The lowest BCUT2D eigenvalue weighted by Gasteiger charge is -2.33. The third kappa shape index (κ3) is 6.06. The zero-order valence-corrected chi connectivity index (χ0v) is 20.8. The molecule has 0 N–H and O–H groups in total. The first-order valence-electron chi connectivity index (χ1n) is 11.6. The summed E-state index contributed by atoms with van der Waals surface area (Å²) in [5.74, 6) is 0.244. The maximum atomic E-state index is 14.9. The van der Waals surface area contributed by atoms with E-state index < -0.39 is 29.6 Å². The molecule has 0 spiro atoms. The molecule has 7 nitrogen and oxygen atoms in total. The summed E-state index contributed by atoms with van der Waals surface area (Å²) in [6.45, 7) is 14.6. The molecule has 1 aromatic rings. The summed E-state index contributed by atoms with van der Waals surface area (Å²) < 4.78 is 33.4. The lowest BCUT2D eigenvalue weighted by atomic mass is 9.87. The van der Waals surface area contributed by atoms with E-state index in [1.165, 1.54) is 6.08 Å². The van der Waals surface area contributed by atoms with Crippen molar-refractivity contribution in [3.05, 3.63) is 40.0 Å². The van der Waals surface area contributed by atoms with Crippen LogP contribution in [0.1, 0.15) is 66.9 Å². The molecule has 33 heavy (non-hydrogen) atoms. The first-order valence-corrected chi connectivity index (χ1v) is 11.6. The predicted octanol–water partition coefficient (Wildman–Crippen LogP) is 4.44. The number of likely N-dealkylation sites (tertiary alicyclic amines) is 1. The van der Waals surface area contributed by atoms with Gasteiger partial charge in [0.05, 0.1) is 11.2 Å². The van der Waals surface area contributed by atoms with Gasteiger partial charge in [-0.2, -0.15) is 0 Å². The highest BCUT2D eigenvalue weighted by molar-refractivity contribution is 6.54. The maximum Gasteiger partial charge on any atom is 0.525 e. The predicted molar refractivity (Wildman–Crippen MR) is 126 cm³/mol. The molecule has 1 aromatic heterocycles. The van der Waals surface area contributed by atoms with E-state index in [-0.39, 0.29) is 23.1 Å². The fourth-order valence-corrected chi connectivity index (χ4v) is 3.88. The first-order chi connectivity index (χ1) is 15.2. The van der Waals surface area contributed by atoms with Crippen molar-refractivity contribution in [1.82, 2.24) is 9.47 Å². The van der Waals surface area contributed by atoms with E-state index in [1.807, 2.05) is 48.5 Å². The van der Waals surface area contributed by atoms with Gasteiger partial charge in [-0.1, -0.05) is 0 Å². The summed E-state index contributed by atoms with van der Waals surface area (Å²) in [5.41, 5.74) is -2.49. The van der Waals surface area contributed by atoms with Gasteiger partial charge < -0.3 is 23.5 Å². The lowest BCUT2D eigenvalue weighted by Crippen LogP contribution is -2.42. The molecule has 0 saturated carbocycles. The van der Waals surface area contributed by atoms with E-state index >= 15 is 0 Å². The summed E-state index contributed by atoms with van der Waals surface area (Å²) in [6.07, 6.45) is 4.16. The van der Waals surface area contributed by atoms with Crippen LogP contribution in [-0.2, 0) is 20.6 Å². The number of hydrogen-bond donors (Lipinski definition) is 0.